The molecule has 0 atom stereocenters. The van der Waals surface area contributed by atoms with Crippen LogP contribution in [0, 0.1) is 5.92 Å². The van der Waals surface area contributed by atoms with Gasteiger partial charge < -0.3 is 15.3 Å². The molecule has 0 heterocycles. The lowest BCUT2D eigenvalue weighted by molar-refractivity contribution is -0.136. The van der Waals surface area contributed by atoms with Gasteiger partial charge in [-0.2, -0.15) is 0 Å². The summed E-state index contributed by atoms with van der Waals surface area (Å²) in [6, 6.07) is 6.80. The third-order valence-corrected chi connectivity index (χ3v) is 3.64. The highest BCUT2D eigenvalue weighted by atomic mass is 16.4. The average Bonchev–Trinajstić information content (AvgIpc) is 2.33. The number of carbonyl (C=O) groups excluding carboxylic acids is 1. The minimum atomic E-state index is -0.879. The third-order valence-electron chi connectivity index (χ3n) is 3.64. The molecule has 2 N–H and O–H groups in total. The van der Waals surface area contributed by atoms with Crippen LogP contribution in [0.5, 0.6) is 0 Å². The second-order valence-corrected chi connectivity index (χ2v) is 5.38. The Balaban J connectivity index is 1.90. The minimum absolute atomic E-state index is 0.0401. The Hall–Kier alpha value is -2.04. The Morgan fingerprint density at radius 1 is 1.40 bits per heavy atom. The highest BCUT2D eigenvalue weighted by Gasteiger charge is 2.21. The number of hydrogen-bond donors (Lipinski definition) is 2. The Morgan fingerprint density at radius 3 is 2.75 bits per heavy atom. The van der Waals surface area contributed by atoms with Crippen molar-refractivity contribution < 1.29 is 14.7 Å². The van der Waals surface area contributed by atoms with Gasteiger partial charge in [0.2, 0.25) is 0 Å². The Bertz CT molecular complexity index is 498. The van der Waals surface area contributed by atoms with Crippen LogP contribution in [0.25, 0.3) is 0 Å². The number of rotatable bonds is 5. The maximum Gasteiger partial charge on any atom is 0.321 e. The van der Waals surface area contributed by atoms with Crippen LogP contribution in [0.2, 0.25) is 0 Å². The van der Waals surface area contributed by atoms with Crippen molar-refractivity contribution in [2.75, 3.05) is 18.9 Å². The number of amides is 2. The van der Waals surface area contributed by atoms with E-state index >= 15 is 0 Å². The van der Waals surface area contributed by atoms with Gasteiger partial charge >= 0.3 is 12.0 Å². The van der Waals surface area contributed by atoms with Crippen molar-refractivity contribution in [3.05, 3.63) is 29.8 Å². The summed E-state index contributed by atoms with van der Waals surface area (Å²) >= 11 is 0. The van der Waals surface area contributed by atoms with Crippen molar-refractivity contribution in [2.24, 2.45) is 5.92 Å². The first kappa shape index (κ1) is 14.4. The fraction of sp³-hybridized carbons (Fsp3) is 0.467. The van der Waals surface area contributed by atoms with Crippen LogP contribution >= 0.6 is 0 Å². The molecular weight excluding hydrogens is 256 g/mol. The zero-order valence-electron chi connectivity index (χ0n) is 11.6. The van der Waals surface area contributed by atoms with E-state index in [0.29, 0.717) is 17.2 Å². The van der Waals surface area contributed by atoms with Crippen LogP contribution < -0.4 is 5.32 Å². The number of hydrogen-bond acceptors (Lipinski definition) is 2. The highest BCUT2D eigenvalue weighted by molar-refractivity contribution is 5.89. The molecule has 0 unspecified atom stereocenters. The van der Waals surface area contributed by atoms with Gasteiger partial charge in [-0.3, -0.25) is 4.79 Å². The molecule has 0 spiro atoms. The van der Waals surface area contributed by atoms with Crippen molar-refractivity contribution in [3.8, 4) is 0 Å². The molecule has 108 valence electrons. The minimum Gasteiger partial charge on any atom is -0.481 e. The standard InChI is InChI=1S/C15H20N2O3/c1-17(10-11-4-2-5-11)15(20)16-13-7-3-6-12(8-13)9-14(18)19/h3,6-8,11H,2,4-5,9-10H2,1H3,(H,16,20)(H,18,19). The first-order valence-electron chi connectivity index (χ1n) is 6.87. The van der Waals surface area contributed by atoms with Crippen molar-refractivity contribution in [1.29, 1.82) is 0 Å². The van der Waals surface area contributed by atoms with Gasteiger partial charge in [-0.05, 0) is 36.5 Å². The molecule has 5 nitrogen and oxygen atoms in total. The van der Waals surface area contributed by atoms with Crippen molar-refractivity contribution in [1.82, 2.24) is 4.90 Å². The number of nitrogens with zero attached hydrogens (tertiary/aromatic N) is 1. The maximum atomic E-state index is 12.0. The van der Waals surface area contributed by atoms with Crippen LogP contribution in [0.1, 0.15) is 24.8 Å². The molecule has 1 fully saturated rings. The van der Waals surface area contributed by atoms with Crippen LogP contribution in [-0.2, 0) is 11.2 Å². The summed E-state index contributed by atoms with van der Waals surface area (Å²) in [5.41, 5.74) is 1.31. The molecule has 0 aromatic heterocycles. The molecule has 0 radical (unpaired) electrons. The number of aliphatic carboxylic acids is 1. The van der Waals surface area contributed by atoms with Gasteiger partial charge in [0.15, 0.2) is 0 Å². The molecule has 1 aliphatic rings. The Labute approximate surface area is 118 Å². The number of urea groups is 1. The fourth-order valence-corrected chi connectivity index (χ4v) is 2.30. The third kappa shape index (κ3) is 3.98. The first-order chi connectivity index (χ1) is 9.54. The van der Waals surface area contributed by atoms with E-state index in [2.05, 4.69) is 5.32 Å². The fourth-order valence-electron chi connectivity index (χ4n) is 2.30. The van der Waals surface area contributed by atoms with Gasteiger partial charge in [0.1, 0.15) is 0 Å². The topological polar surface area (TPSA) is 69.6 Å². The van der Waals surface area contributed by atoms with Crippen molar-refractivity contribution in [2.45, 2.75) is 25.7 Å². The molecule has 5 heteroatoms. The van der Waals surface area contributed by atoms with Crippen LogP contribution in [-0.4, -0.2) is 35.6 Å². The predicted octanol–water partition coefficient (Wildman–Crippen LogP) is 2.58. The molecule has 1 aromatic carbocycles. The van der Waals surface area contributed by atoms with Crippen LogP contribution in [0.15, 0.2) is 24.3 Å². The lowest BCUT2D eigenvalue weighted by atomic mass is 9.85. The zero-order chi connectivity index (χ0) is 14.5. The average molecular weight is 276 g/mol. The van der Waals surface area contributed by atoms with Crippen molar-refractivity contribution in [3.63, 3.8) is 0 Å². The largest absolute Gasteiger partial charge is 0.481 e. The quantitative estimate of drug-likeness (QED) is 0.868. The summed E-state index contributed by atoms with van der Waals surface area (Å²) in [6.45, 7) is 0.778. The van der Waals surface area contributed by atoms with Gasteiger partial charge in [0.25, 0.3) is 0 Å². The molecule has 1 aliphatic carbocycles. The molecule has 0 saturated heterocycles. The predicted molar refractivity (Wildman–Crippen MR) is 76.8 cm³/mol. The number of anilines is 1. The maximum absolute atomic E-state index is 12.0. The van der Waals surface area contributed by atoms with E-state index < -0.39 is 5.97 Å². The Kier molecular flexibility index (Phi) is 4.61. The lowest BCUT2D eigenvalue weighted by Gasteiger charge is -2.30. The van der Waals surface area contributed by atoms with Crippen molar-refractivity contribution >= 4 is 17.7 Å². The Morgan fingerprint density at radius 2 is 2.15 bits per heavy atom. The van der Waals surface area contributed by atoms with Gasteiger partial charge in [0, 0.05) is 19.3 Å². The molecule has 2 rings (SSSR count). The summed E-state index contributed by atoms with van der Waals surface area (Å²) in [5.74, 6) is -0.250. The van der Waals surface area contributed by atoms with Gasteiger partial charge in [-0.15, -0.1) is 0 Å². The summed E-state index contributed by atoms with van der Waals surface area (Å²) in [7, 11) is 1.79. The molecule has 1 saturated carbocycles. The molecule has 20 heavy (non-hydrogen) atoms. The van der Waals surface area contributed by atoms with E-state index in [1.54, 1.807) is 36.2 Å². The summed E-state index contributed by atoms with van der Waals surface area (Å²) in [6.07, 6.45) is 3.62. The number of carbonyl (C=O) groups is 2. The summed E-state index contributed by atoms with van der Waals surface area (Å²) in [5, 5.41) is 11.6. The van der Waals surface area contributed by atoms with Gasteiger partial charge in [0.05, 0.1) is 6.42 Å². The number of carboxylic acid groups (broad SMARTS) is 1. The number of nitrogens with one attached hydrogen (secondary N) is 1. The molecule has 2 amide bonds. The van der Waals surface area contributed by atoms with Gasteiger partial charge in [-0.25, -0.2) is 4.79 Å². The van der Waals surface area contributed by atoms with E-state index in [1.165, 1.54) is 19.3 Å². The molecular formula is C15H20N2O3. The summed E-state index contributed by atoms with van der Waals surface area (Å²) in [4.78, 5) is 24.4. The SMILES string of the molecule is CN(CC1CCC1)C(=O)Nc1cccc(CC(=O)O)c1. The smallest absolute Gasteiger partial charge is 0.321 e. The van der Waals surface area contributed by atoms with E-state index in [4.69, 9.17) is 5.11 Å². The van der Waals surface area contributed by atoms with Crippen LogP contribution in [0.4, 0.5) is 10.5 Å². The van der Waals surface area contributed by atoms with E-state index in [9.17, 15) is 9.59 Å². The van der Waals surface area contributed by atoms with E-state index in [1.807, 2.05) is 0 Å². The first-order valence-corrected chi connectivity index (χ1v) is 6.87. The lowest BCUT2D eigenvalue weighted by Crippen LogP contribution is -2.37. The number of benzene rings is 1. The highest BCUT2D eigenvalue weighted by Crippen LogP contribution is 2.26. The monoisotopic (exact) mass is 276 g/mol. The summed E-state index contributed by atoms with van der Waals surface area (Å²) < 4.78 is 0. The van der Waals surface area contributed by atoms with E-state index in [0.717, 1.165) is 6.54 Å². The van der Waals surface area contributed by atoms with Gasteiger partial charge in [-0.1, -0.05) is 18.6 Å². The molecule has 0 aliphatic heterocycles. The molecule has 0 bridgehead atoms. The molecule has 1 aromatic rings. The van der Waals surface area contributed by atoms with E-state index in [-0.39, 0.29) is 12.5 Å². The number of carboxylic acids is 1. The second-order valence-electron chi connectivity index (χ2n) is 5.38. The van der Waals surface area contributed by atoms with Crippen LogP contribution in [0.3, 0.4) is 0 Å². The second kappa shape index (κ2) is 6.41. The normalized spacial score (nSPS) is 14.4. The zero-order valence-corrected chi connectivity index (χ0v) is 11.6.